The Kier molecular flexibility index (Phi) is 3.64. The van der Waals surface area contributed by atoms with Gasteiger partial charge in [0, 0.05) is 10.0 Å². The van der Waals surface area contributed by atoms with E-state index >= 15 is 0 Å². The number of aryl methyl sites for hydroxylation is 1. The van der Waals surface area contributed by atoms with E-state index < -0.39 is 0 Å². The smallest absolute Gasteiger partial charge is 0.226 e. The van der Waals surface area contributed by atoms with Gasteiger partial charge >= 0.3 is 0 Å². The van der Waals surface area contributed by atoms with Gasteiger partial charge in [-0.15, -0.1) is 0 Å². The maximum Gasteiger partial charge on any atom is 0.226 e. The van der Waals surface area contributed by atoms with Gasteiger partial charge in [-0.3, -0.25) is 0 Å². The summed E-state index contributed by atoms with van der Waals surface area (Å²) in [7, 11) is 0. The van der Waals surface area contributed by atoms with Crippen molar-refractivity contribution in [2.24, 2.45) is 0 Å². The van der Waals surface area contributed by atoms with Gasteiger partial charge < -0.3 is 4.74 Å². The van der Waals surface area contributed by atoms with Crippen LogP contribution >= 0.6 is 27.5 Å². The molecule has 0 unspecified atom stereocenters. The quantitative estimate of drug-likeness (QED) is 0.775. The molecule has 0 aliphatic heterocycles. The Morgan fingerprint density at radius 3 is 2.71 bits per heavy atom. The molecule has 1 aromatic carbocycles. The van der Waals surface area contributed by atoms with E-state index in [1.807, 2.05) is 32.0 Å². The largest absolute Gasteiger partial charge is 0.439 e. The van der Waals surface area contributed by atoms with Gasteiger partial charge in [-0.1, -0.05) is 27.5 Å². The normalized spacial score (nSPS) is 10.4. The van der Waals surface area contributed by atoms with Gasteiger partial charge in [-0.2, -0.15) is 0 Å². The van der Waals surface area contributed by atoms with Crippen molar-refractivity contribution in [2.75, 3.05) is 0 Å². The number of rotatable bonds is 2. The Bertz CT molecular complexity index is 560. The van der Waals surface area contributed by atoms with Crippen molar-refractivity contribution in [1.29, 1.82) is 0 Å². The number of hydrogen-bond donors (Lipinski definition) is 0. The number of ether oxygens (including phenoxy) is 1. The second-order valence-corrected chi connectivity index (χ2v) is 4.82. The molecule has 0 N–H and O–H groups in total. The topological polar surface area (TPSA) is 35.0 Å². The molecule has 0 atom stereocenters. The van der Waals surface area contributed by atoms with Crippen molar-refractivity contribution in [3.05, 3.63) is 45.3 Å². The SMILES string of the molecule is Cc1cc(Oc2ncnc(Cl)c2C)ccc1Br. The zero-order valence-corrected chi connectivity index (χ0v) is 11.7. The highest BCUT2D eigenvalue weighted by Crippen LogP contribution is 2.28. The van der Waals surface area contributed by atoms with Crippen LogP contribution in [0.3, 0.4) is 0 Å². The van der Waals surface area contributed by atoms with Gasteiger partial charge in [0.05, 0.1) is 0 Å². The van der Waals surface area contributed by atoms with Crippen LogP contribution in [0.1, 0.15) is 11.1 Å². The predicted molar refractivity (Wildman–Crippen MR) is 70.7 cm³/mol. The molecule has 2 aromatic rings. The van der Waals surface area contributed by atoms with Crippen LogP contribution in [0.2, 0.25) is 5.15 Å². The first-order valence-electron chi connectivity index (χ1n) is 4.99. The zero-order valence-electron chi connectivity index (χ0n) is 9.37. The first kappa shape index (κ1) is 12.3. The second kappa shape index (κ2) is 5.02. The minimum atomic E-state index is 0.406. The molecular weight excluding hydrogens is 304 g/mol. The first-order chi connectivity index (χ1) is 8.08. The summed E-state index contributed by atoms with van der Waals surface area (Å²) < 4.78 is 6.71. The summed E-state index contributed by atoms with van der Waals surface area (Å²) in [5.41, 5.74) is 1.83. The fourth-order valence-electron chi connectivity index (χ4n) is 1.31. The minimum Gasteiger partial charge on any atom is -0.439 e. The molecule has 5 heteroatoms. The number of halogens is 2. The highest BCUT2D eigenvalue weighted by Gasteiger charge is 2.07. The Labute approximate surface area is 113 Å². The molecule has 0 amide bonds. The molecule has 0 bridgehead atoms. The van der Waals surface area contributed by atoms with E-state index in [0.29, 0.717) is 11.0 Å². The molecule has 0 fully saturated rings. The number of benzene rings is 1. The monoisotopic (exact) mass is 312 g/mol. The number of hydrogen-bond acceptors (Lipinski definition) is 3. The van der Waals surface area contributed by atoms with Crippen LogP contribution in [0, 0.1) is 13.8 Å². The van der Waals surface area contributed by atoms with E-state index in [2.05, 4.69) is 25.9 Å². The fourth-order valence-corrected chi connectivity index (χ4v) is 1.68. The summed E-state index contributed by atoms with van der Waals surface area (Å²) >= 11 is 9.34. The van der Waals surface area contributed by atoms with E-state index in [-0.39, 0.29) is 0 Å². The van der Waals surface area contributed by atoms with Gasteiger partial charge in [0.25, 0.3) is 0 Å². The Morgan fingerprint density at radius 2 is 2.00 bits per heavy atom. The Hall–Kier alpha value is -1.13. The predicted octanol–water partition coefficient (Wildman–Crippen LogP) is 4.30. The molecular formula is C12H10BrClN2O. The van der Waals surface area contributed by atoms with Crippen molar-refractivity contribution in [1.82, 2.24) is 9.97 Å². The molecule has 0 aliphatic rings. The molecule has 1 heterocycles. The standard InChI is InChI=1S/C12H10BrClN2O/c1-7-5-9(3-4-10(7)13)17-12-8(2)11(14)15-6-16-12/h3-6H,1-2H3. The van der Waals surface area contributed by atoms with Crippen LogP contribution in [0.5, 0.6) is 11.6 Å². The zero-order chi connectivity index (χ0) is 12.4. The second-order valence-electron chi connectivity index (χ2n) is 3.61. The third-order valence-electron chi connectivity index (χ3n) is 2.32. The van der Waals surface area contributed by atoms with Crippen LogP contribution in [-0.4, -0.2) is 9.97 Å². The molecule has 17 heavy (non-hydrogen) atoms. The average molecular weight is 314 g/mol. The third-order valence-corrected chi connectivity index (χ3v) is 3.59. The molecule has 1 aromatic heterocycles. The van der Waals surface area contributed by atoms with Gasteiger partial charge in [-0.05, 0) is 37.6 Å². The molecule has 0 radical (unpaired) electrons. The van der Waals surface area contributed by atoms with Crippen LogP contribution in [-0.2, 0) is 0 Å². The van der Waals surface area contributed by atoms with E-state index in [9.17, 15) is 0 Å². The lowest BCUT2D eigenvalue weighted by atomic mass is 10.2. The summed E-state index contributed by atoms with van der Waals surface area (Å²) in [5.74, 6) is 1.20. The maximum atomic E-state index is 5.90. The summed E-state index contributed by atoms with van der Waals surface area (Å²) in [6.45, 7) is 3.82. The van der Waals surface area contributed by atoms with E-state index in [1.165, 1.54) is 6.33 Å². The first-order valence-corrected chi connectivity index (χ1v) is 6.16. The lowest BCUT2D eigenvalue weighted by Crippen LogP contribution is -1.94. The minimum absolute atomic E-state index is 0.406. The van der Waals surface area contributed by atoms with Crippen LogP contribution in [0.4, 0.5) is 0 Å². The van der Waals surface area contributed by atoms with E-state index in [0.717, 1.165) is 21.3 Å². The lowest BCUT2D eigenvalue weighted by molar-refractivity contribution is 0.457. The molecule has 3 nitrogen and oxygen atoms in total. The van der Waals surface area contributed by atoms with Crippen LogP contribution in [0.25, 0.3) is 0 Å². The van der Waals surface area contributed by atoms with Gasteiger partial charge in [0.1, 0.15) is 17.2 Å². The summed E-state index contributed by atoms with van der Waals surface area (Å²) in [4.78, 5) is 7.94. The van der Waals surface area contributed by atoms with Crippen LogP contribution in [0.15, 0.2) is 29.0 Å². The highest BCUT2D eigenvalue weighted by molar-refractivity contribution is 9.10. The Balaban J connectivity index is 2.31. The van der Waals surface area contributed by atoms with E-state index in [1.54, 1.807) is 0 Å². The van der Waals surface area contributed by atoms with Crippen molar-refractivity contribution < 1.29 is 4.74 Å². The maximum absolute atomic E-state index is 5.90. The third kappa shape index (κ3) is 2.76. The lowest BCUT2D eigenvalue weighted by Gasteiger charge is -2.08. The van der Waals surface area contributed by atoms with Gasteiger partial charge in [0.15, 0.2) is 0 Å². The van der Waals surface area contributed by atoms with Crippen molar-refractivity contribution in [3.8, 4) is 11.6 Å². The number of aromatic nitrogens is 2. The number of nitrogens with zero attached hydrogens (tertiary/aromatic N) is 2. The highest BCUT2D eigenvalue weighted by atomic mass is 79.9. The molecule has 0 aliphatic carbocycles. The summed E-state index contributed by atoms with van der Waals surface area (Å²) in [5, 5.41) is 0.406. The van der Waals surface area contributed by atoms with Crippen molar-refractivity contribution >= 4 is 27.5 Å². The van der Waals surface area contributed by atoms with Gasteiger partial charge in [-0.25, -0.2) is 9.97 Å². The average Bonchev–Trinajstić information content (AvgIpc) is 2.30. The summed E-state index contributed by atoms with van der Waals surface area (Å²) in [6.07, 6.45) is 1.39. The van der Waals surface area contributed by atoms with Crippen molar-refractivity contribution in [3.63, 3.8) is 0 Å². The van der Waals surface area contributed by atoms with Gasteiger partial charge in [0.2, 0.25) is 5.88 Å². The molecule has 88 valence electrons. The fraction of sp³-hybridized carbons (Fsp3) is 0.167. The van der Waals surface area contributed by atoms with E-state index in [4.69, 9.17) is 16.3 Å². The van der Waals surface area contributed by atoms with Crippen molar-refractivity contribution in [2.45, 2.75) is 13.8 Å². The molecule has 0 spiro atoms. The Morgan fingerprint density at radius 1 is 1.24 bits per heavy atom. The molecule has 2 rings (SSSR count). The van der Waals surface area contributed by atoms with Crippen LogP contribution < -0.4 is 4.74 Å². The molecule has 0 saturated heterocycles. The molecule has 0 saturated carbocycles. The summed E-state index contributed by atoms with van der Waals surface area (Å²) in [6, 6.07) is 5.73.